The molecule has 2 aromatic rings. The van der Waals surface area contributed by atoms with Crippen LogP contribution in [0.3, 0.4) is 0 Å². The van der Waals surface area contributed by atoms with Gasteiger partial charge in [-0.05, 0) is 57.9 Å². The molecule has 3 fully saturated rings. The first-order chi connectivity index (χ1) is 14.4. The summed E-state index contributed by atoms with van der Waals surface area (Å²) in [5, 5.41) is 3.14. The summed E-state index contributed by atoms with van der Waals surface area (Å²) in [7, 11) is 0. The fourth-order valence-corrected chi connectivity index (χ4v) is 6.18. The molecule has 0 saturated heterocycles. The van der Waals surface area contributed by atoms with Crippen LogP contribution < -0.4 is 5.32 Å². The molecule has 1 N–H and O–H groups in total. The van der Waals surface area contributed by atoms with Gasteiger partial charge in [-0.15, -0.1) is 0 Å². The molecule has 5 heteroatoms. The number of Topliss-reactive ketones (excluding diaryl/α,β-unsaturated/α-hetero) is 1. The zero-order valence-corrected chi connectivity index (χ0v) is 18.0. The summed E-state index contributed by atoms with van der Waals surface area (Å²) in [5.74, 6) is 0.580. The zero-order chi connectivity index (χ0) is 20.9. The van der Waals surface area contributed by atoms with Crippen molar-refractivity contribution in [1.82, 2.24) is 14.9 Å². The summed E-state index contributed by atoms with van der Waals surface area (Å²) in [6, 6.07) is 8.58. The number of hydrogen-bond donors (Lipinski definition) is 1. The van der Waals surface area contributed by atoms with E-state index in [1.807, 2.05) is 32.4 Å². The van der Waals surface area contributed by atoms with Crippen LogP contribution in [0.4, 0.5) is 0 Å². The highest BCUT2D eigenvalue weighted by Crippen LogP contribution is 2.56. The van der Waals surface area contributed by atoms with Crippen molar-refractivity contribution in [2.24, 2.45) is 10.8 Å². The number of hydrogen-bond acceptors (Lipinski definition) is 3. The molecule has 5 nitrogen and oxygen atoms in total. The topological polar surface area (TPSA) is 64.0 Å². The van der Waals surface area contributed by atoms with Gasteiger partial charge in [0, 0.05) is 28.9 Å². The van der Waals surface area contributed by atoms with Crippen molar-refractivity contribution in [3.05, 3.63) is 42.4 Å². The molecule has 3 saturated carbocycles. The predicted molar refractivity (Wildman–Crippen MR) is 116 cm³/mol. The van der Waals surface area contributed by atoms with E-state index in [0.717, 1.165) is 50.6 Å². The number of carbonyl (C=O) groups excluding carboxylic acids is 2. The molecular formula is C25H31N3O2. The molecule has 6 rings (SSSR count). The van der Waals surface area contributed by atoms with Crippen molar-refractivity contribution >= 4 is 11.7 Å². The monoisotopic (exact) mass is 405 g/mol. The third-order valence-electron chi connectivity index (χ3n) is 7.94. The molecular weight excluding hydrogens is 374 g/mol. The first kappa shape index (κ1) is 19.5. The van der Waals surface area contributed by atoms with Crippen LogP contribution in [-0.2, 0) is 9.59 Å². The number of nitrogens with zero attached hydrogens (tertiary/aromatic N) is 2. The zero-order valence-electron chi connectivity index (χ0n) is 18.0. The quantitative estimate of drug-likeness (QED) is 0.786. The predicted octanol–water partition coefficient (Wildman–Crippen LogP) is 4.67. The Bertz CT molecular complexity index is 982. The minimum absolute atomic E-state index is 0.0414. The lowest BCUT2D eigenvalue weighted by Crippen LogP contribution is -2.47. The van der Waals surface area contributed by atoms with Gasteiger partial charge in [0.2, 0.25) is 5.91 Å². The average molecular weight is 406 g/mol. The largest absolute Gasteiger partial charge is 0.353 e. The normalized spacial score (nSPS) is 29.4. The van der Waals surface area contributed by atoms with Gasteiger partial charge in [-0.25, -0.2) is 4.98 Å². The third-order valence-corrected chi connectivity index (χ3v) is 7.94. The summed E-state index contributed by atoms with van der Waals surface area (Å²) in [4.78, 5) is 31.0. The van der Waals surface area contributed by atoms with Crippen LogP contribution >= 0.6 is 0 Å². The van der Waals surface area contributed by atoms with Crippen molar-refractivity contribution in [3.8, 4) is 11.3 Å². The number of aromatic nitrogens is 2. The van der Waals surface area contributed by atoms with E-state index >= 15 is 0 Å². The van der Waals surface area contributed by atoms with Crippen molar-refractivity contribution in [3.63, 3.8) is 0 Å². The Balaban J connectivity index is 1.37. The molecule has 1 aromatic carbocycles. The maximum Gasteiger partial charge on any atom is 0.226 e. The molecule has 158 valence electrons. The first-order valence-corrected chi connectivity index (χ1v) is 11.4. The maximum absolute atomic E-state index is 13.7. The molecule has 3 aliphatic carbocycles. The molecule has 1 aromatic heterocycles. The summed E-state index contributed by atoms with van der Waals surface area (Å²) in [6.07, 6.45) is 10.5. The number of benzene rings is 1. The number of fused-ring (bicyclic) bond motifs is 7. The Hall–Kier alpha value is -2.43. The van der Waals surface area contributed by atoms with Gasteiger partial charge in [-0.2, -0.15) is 0 Å². The van der Waals surface area contributed by atoms with E-state index in [-0.39, 0.29) is 28.8 Å². The third kappa shape index (κ3) is 2.93. The second-order valence-corrected chi connectivity index (χ2v) is 9.96. The molecule has 1 amide bonds. The highest BCUT2D eigenvalue weighted by molar-refractivity contribution is 5.88. The lowest BCUT2D eigenvalue weighted by molar-refractivity contribution is -0.139. The molecule has 2 bridgehead atoms. The minimum atomic E-state index is -0.262. The number of ketones is 1. The van der Waals surface area contributed by atoms with E-state index in [0.29, 0.717) is 12.2 Å². The van der Waals surface area contributed by atoms with Crippen molar-refractivity contribution < 1.29 is 9.59 Å². The van der Waals surface area contributed by atoms with Crippen LogP contribution in [0.1, 0.15) is 76.8 Å². The molecule has 30 heavy (non-hydrogen) atoms. The lowest BCUT2D eigenvalue weighted by atomic mass is 9.62. The van der Waals surface area contributed by atoms with E-state index in [2.05, 4.69) is 33.1 Å². The van der Waals surface area contributed by atoms with Crippen molar-refractivity contribution in [2.45, 2.75) is 77.3 Å². The highest BCUT2D eigenvalue weighted by atomic mass is 16.2. The van der Waals surface area contributed by atoms with E-state index in [4.69, 9.17) is 0 Å². The molecule has 1 unspecified atom stereocenters. The van der Waals surface area contributed by atoms with E-state index in [1.165, 1.54) is 11.1 Å². The van der Waals surface area contributed by atoms with Gasteiger partial charge in [0.1, 0.15) is 5.78 Å². The van der Waals surface area contributed by atoms with Gasteiger partial charge in [-0.1, -0.05) is 30.7 Å². The summed E-state index contributed by atoms with van der Waals surface area (Å²) >= 11 is 0. The standard InChI is InChI=1S/C25H31N3O2/c1-17(2)27-23(30)25-9-5-8-24(10-12-25,11-13-25)22(29)14-20-18-6-3-4-7-19(18)21-15-26-16-28(20)21/h3-4,6-7,15-17,20H,5,8-14H2,1-2H3,(H,27,30). The summed E-state index contributed by atoms with van der Waals surface area (Å²) in [5.41, 5.74) is 3.02. The van der Waals surface area contributed by atoms with Crippen LogP contribution in [0.15, 0.2) is 36.8 Å². The van der Waals surface area contributed by atoms with Gasteiger partial charge >= 0.3 is 0 Å². The molecule has 0 radical (unpaired) electrons. The fourth-order valence-electron chi connectivity index (χ4n) is 6.18. The van der Waals surface area contributed by atoms with Crippen LogP contribution in [-0.4, -0.2) is 27.3 Å². The first-order valence-electron chi connectivity index (χ1n) is 11.4. The maximum atomic E-state index is 13.7. The van der Waals surface area contributed by atoms with Crippen LogP contribution in [0.5, 0.6) is 0 Å². The molecule has 1 aliphatic heterocycles. The number of rotatable bonds is 5. The number of imidazole rings is 1. The molecule has 1 atom stereocenters. The highest BCUT2D eigenvalue weighted by Gasteiger charge is 2.52. The van der Waals surface area contributed by atoms with Gasteiger partial charge in [0.25, 0.3) is 0 Å². The van der Waals surface area contributed by atoms with Crippen molar-refractivity contribution in [2.75, 3.05) is 0 Å². The molecule has 2 heterocycles. The summed E-state index contributed by atoms with van der Waals surface area (Å²) in [6.45, 7) is 4.04. The number of carbonyl (C=O) groups is 2. The van der Waals surface area contributed by atoms with E-state index in [1.54, 1.807) is 0 Å². The Morgan fingerprint density at radius 3 is 2.57 bits per heavy atom. The van der Waals surface area contributed by atoms with E-state index < -0.39 is 0 Å². The van der Waals surface area contributed by atoms with Crippen LogP contribution in [0.25, 0.3) is 11.3 Å². The Morgan fingerprint density at radius 2 is 1.80 bits per heavy atom. The van der Waals surface area contributed by atoms with Gasteiger partial charge in [0.15, 0.2) is 0 Å². The smallest absolute Gasteiger partial charge is 0.226 e. The average Bonchev–Trinajstić information content (AvgIpc) is 3.18. The van der Waals surface area contributed by atoms with E-state index in [9.17, 15) is 9.59 Å². The second-order valence-electron chi connectivity index (χ2n) is 9.96. The fraction of sp³-hybridized carbons (Fsp3) is 0.560. The Morgan fingerprint density at radius 1 is 1.10 bits per heavy atom. The van der Waals surface area contributed by atoms with Crippen LogP contribution in [0, 0.1) is 10.8 Å². The number of amides is 1. The van der Waals surface area contributed by atoms with Gasteiger partial charge in [-0.3, -0.25) is 9.59 Å². The molecule has 4 aliphatic rings. The van der Waals surface area contributed by atoms with Gasteiger partial charge < -0.3 is 9.88 Å². The second kappa shape index (κ2) is 7.07. The van der Waals surface area contributed by atoms with Gasteiger partial charge in [0.05, 0.1) is 24.3 Å². The van der Waals surface area contributed by atoms with Crippen molar-refractivity contribution in [1.29, 1.82) is 0 Å². The molecule has 0 spiro atoms. The Kier molecular flexibility index (Phi) is 4.60. The number of nitrogens with one attached hydrogen (secondary N) is 1. The SMILES string of the molecule is CC(C)NC(=O)C12CCCC(C(=O)CC3c4ccccc4-c4cncn43)(CC1)CC2. The van der Waals surface area contributed by atoms with Crippen LogP contribution in [0.2, 0.25) is 0 Å². The minimum Gasteiger partial charge on any atom is -0.353 e. The lowest BCUT2D eigenvalue weighted by Gasteiger charge is -2.41. The Labute approximate surface area is 178 Å². The summed E-state index contributed by atoms with van der Waals surface area (Å²) < 4.78 is 2.17.